The molecule has 1 unspecified atom stereocenters. The van der Waals surface area contributed by atoms with Gasteiger partial charge in [0.2, 0.25) is 5.91 Å². The second kappa shape index (κ2) is 9.96. The topological polar surface area (TPSA) is 139 Å². The van der Waals surface area contributed by atoms with Crippen molar-refractivity contribution < 1.29 is 9.18 Å². The fraction of sp³-hybridized carbons (Fsp3) is 0.280. The number of benzene rings is 2. The second-order valence-corrected chi connectivity index (χ2v) is 8.50. The summed E-state index contributed by atoms with van der Waals surface area (Å²) in [6.07, 6.45) is 1.81. The fourth-order valence-corrected chi connectivity index (χ4v) is 4.09. The van der Waals surface area contributed by atoms with E-state index in [-0.39, 0.29) is 23.5 Å². The van der Waals surface area contributed by atoms with E-state index in [2.05, 4.69) is 20.3 Å². The molecule has 0 aliphatic carbocycles. The Hall–Kier alpha value is -4.21. The van der Waals surface area contributed by atoms with E-state index in [1.54, 1.807) is 18.2 Å². The molecule has 0 saturated heterocycles. The summed E-state index contributed by atoms with van der Waals surface area (Å²) in [7, 11) is 0. The molecule has 0 radical (unpaired) electrons. The maximum atomic E-state index is 14.7. The number of carbonyl (C=O) groups is 1. The Kier molecular flexibility index (Phi) is 6.81. The molecule has 0 fully saturated rings. The van der Waals surface area contributed by atoms with Gasteiger partial charge in [-0.25, -0.2) is 14.2 Å². The van der Waals surface area contributed by atoms with Gasteiger partial charge in [0.05, 0.1) is 0 Å². The summed E-state index contributed by atoms with van der Waals surface area (Å²) < 4.78 is 16.1. The number of rotatable bonds is 8. The minimum absolute atomic E-state index is 0.184. The summed E-state index contributed by atoms with van der Waals surface area (Å²) >= 11 is 0. The second-order valence-electron chi connectivity index (χ2n) is 8.50. The monoisotopic (exact) mass is 478 g/mol. The summed E-state index contributed by atoms with van der Waals surface area (Å²) in [5.41, 5.74) is 7.46. The van der Waals surface area contributed by atoms with Crippen LogP contribution in [0.3, 0.4) is 0 Å². The van der Waals surface area contributed by atoms with Crippen LogP contribution in [0.4, 0.5) is 15.8 Å². The molecule has 2 heterocycles. The number of carbonyl (C=O) groups excluding carboxylic acids is 1. The van der Waals surface area contributed by atoms with Gasteiger partial charge >= 0.3 is 5.69 Å². The number of aryl methyl sites for hydroxylation is 1. The van der Waals surface area contributed by atoms with Crippen LogP contribution in [0.5, 0.6) is 0 Å². The van der Waals surface area contributed by atoms with E-state index in [1.807, 2.05) is 19.1 Å². The van der Waals surface area contributed by atoms with Crippen molar-refractivity contribution in [2.24, 2.45) is 0 Å². The summed E-state index contributed by atoms with van der Waals surface area (Å²) in [5.74, 6) is -0.680. The van der Waals surface area contributed by atoms with Crippen molar-refractivity contribution in [3.63, 3.8) is 0 Å². The van der Waals surface area contributed by atoms with Crippen molar-refractivity contribution in [1.29, 1.82) is 0 Å². The molecular weight excluding hydrogens is 451 g/mol. The van der Waals surface area contributed by atoms with Crippen LogP contribution in [0.15, 0.2) is 52.1 Å². The Balaban J connectivity index is 1.85. The number of unbranched alkanes of at least 4 members (excludes halogenated alkanes) is 1. The Morgan fingerprint density at radius 3 is 2.60 bits per heavy atom. The maximum absolute atomic E-state index is 14.7. The molecule has 35 heavy (non-hydrogen) atoms. The minimum Gasteiger partial charge on any atom is -0.399 e. The van der Waals surface area contributed by atoms with Crippen molar-refractivity contribution in [2.45, 2.75) is 45.6 Å². The van der Waals surface area contributed by atoms with Crippen LogP contribution < -0.4 is 22.3 Å². The van der Waals surface area contributed by atoms with Crippen LogP contribution in [0.2, 0.25) is 0 Å². The summed E-state index contributed by atoms with van der Waals surface area (Å²) in [6.45, 7) is 3.83. The van der Waals surface area contributed by atoms with Gasteiger partial charge in [0.15, 0.2) is 5.65 Å². The highest BCUT2D eigenvalue weighted by Gasteiger charge is 2.23. The van der Waals surface area contributed by atoms with Gasteiger partial charge in [0, 0.05) is 30.8 Å². The van der Waals surface area contributed by atoms with Gasteiger partial charge in [0.1, 0.15) is 17.2 Å². The Morgan fingerprint density at radius 2 is 1.91 bits per heavy atom. The number of hydrogen-bond donors (Lipinski definition) is 4. The lowest BCUT2D eigenvalue weighted by molar-refractivity contribution is -0.114. The highest BCUT2D eigenvalue weighted by Crippen LogP contribution is 2.30. The molecule has 1 atom stereocenters. The molecular formula is C25H27FN6O3. The third-order valence-electron chi connectivity index (χ3n) is 5.84. The predicted molar refractivity (Wildman–Crippen MR) is 133 cm³/mol. The van der Waals surface area contributed by atoms with Crippen LogP contribution >= 0.6 is 0 Å². The zero-order chi connectivity index (χ0) is 25.1. The molecule has 2 aromatic carbocycles. The van der Waals surface area contributed by atoms with Crippen molar-refractivity contribution in [1.82, 2.24) is 19.5 Å². The smallest absolute Gasteiger partial charge is 0.330 e. The molecule has 9 nitrogen and oxygen atoms in total. The molecule has 4 rings (SSSR count). The van der Waals surface area contributed by atoms with Crippen LogP contribution in [0.25, 0.3) is 11.2 Å². The Morgan fingerprint density at radius 1 is 1.17 bits per heavy atom. The zero-order valence-corrected chi connectivity index (χ0v) is 19.5. The first kappa shape index (κ1) is 23.9. The van der Waals surface area contributed by atoms with Crippen molar-refractivity contribution in [2.75, 3.05) is 11.1 Å². The van der Waals surface area contributed by atoms with E-state index < -0.39 is 23.0 Å². The molecule has 10 heteroatoms. The minimum atomic E-state index is -0.564. The van der Waals surface area contributed by atoms with Gasteiger partial charge in [-0.2, -0.15) is 0 Å². The summed E-state index contributed by atoms with van der Waals surface area (Å²) in [5, 5.41) is 2.72. The van der Waals surface area contributed by atoms with Crippen LogP contribution in [-0.4, -0.2) is 25.4 Å². The van der Waals surface area contributed by atoms with Crippen LogP contribution in [0.1, 0.15) is 49.6 Å². The first-order valence-corrected chi connectivity index (χ1v) is 11.4. The van der Waals surface area contributed by atoms with Gasteiger partial charge in [-0.05, 0) is 54.3 Å². The molecule has 2 aromatic heterocycles. The third-order valence-corrected chi connectivity index (χ3v) is 5.84. The van der Waals surface area contributed by atoms with Gasteiger partial charge in [-0.15, -0.1) is 0 Å². The number of aromatic amines is 2. The molecule has 0 saturated carbocycles. The summed E-state index contributed by atoms with van der Waals surface area (Å²) in [6, 6.07) is 11.5. The van der Waals surface area contributed by atoms with Gasteiger partial charge in [0.25, 0.3) is 5.56 Å². The number of H-pyrrole nitrogens is 2. The lowest BCUT2D eigenvalue weighted by Crippen LogP contribution is -2.30. The van der Waals surface area contributed by atoms with Crippen LogP contribution in [0, 0.1) is 5.82 Å². The fourth-order valence-electron chi connectivity index (χ4n) is 4.09. The van der Waals surface area contributed by atoms with Gasteiger partial charge in [-0.1, -0.05) is 25.5 Å². The number of anilines is 2. The molecule has 5 N–H and O–H groups in total. The lowest BCUT2D eigenvalue weighted by atomic mass is 9.90. The van der Waals surface area contributed by atoms with E-state index in [0.29, 0.717) is 29.3 Å². The van der Waals surface area contributed by atoms with Gasteiger partial charge in [-0.3, -0.25) is 19.1 Å². The first-order valence-electron chi connectivity index (χ1n) is 11.4. The predicted octanol–water partition coefficient (Wildman–Crippen LogP) is 3.27. The zero-order valence-electron chi connectivity index (χ0n) is 19.5. The maximum Gasteiger partial charge on any atom is 0.330 e. The standard InChI is InChI=1S/C25H27FN6O3/c1-3-4-11-32-23-21(24(34)31-25(32)35)29-22(30-23)19(13-16-12-17(27)7-10-20(16)26)15-5-8-18(9-6-15)28-14(2)33/h5-10,12,19H,3-4,11,13,27H2,1-2H3,(H,28,33)(H,29,30)(H,31,34,35). The number of imidazole rings is 1. The average molecular weight is 479 g/mol. The number of nitrogens with two attached hydrogens (primary N) is 1. The first-order chi connectivity index (χ1) is 16.8. The van der Waals surface area contributed by atoms with E-state index in [4.69, 9.17) is 5.73 Å². The Labute approximate surface area is 200 Å². The number of nitrogens with one attached hydrogen (secondary N) is 3. The Bertz CT molecular complexity index is 1490. The number of nitrogens with zero attached hydrogens (tertiary/aromatic N) is 2. The van der Waals surface area contributed by atoms with Crippen molar-refractivity contribution >= 4 is 28.4 Å². The van der Waals surface area contributed by atoms with Gasteiger partial charge < -0.3 is 16.0 Å². The quantitative estimate of drug-likeness (QED) is 0.288. The number of halogens is 1. The lowest BCUT2D eigenvalue weighted by Gasteiger charge is -2.17. The SMILES string of the molecule is CCCCn1c(=O)[nH]c(=O)c2[nH]c(C(Cc3cc(N)ccc3F)c3ccc(NC(C)=O)cc3)nc21. The molecule has 0 aliphatic rings. The summed E-state index contributed by atoms with van der Waals surface area (Å²) in [4.78, 5) is 46.5. The highest BCUT2D eigenvalue weighted by molar-refractivity contribution is 5.88. The molecule has 4 aromatic rings. The number of nitrogen functional groups attached to an aromatic ring is 1. The van der Waals surface area contributed by atoms with E-state index in [0.717, 1.165) is 18.4 Å². The van der Waals surface area contributed by atoms with E-state index >= 15 is 0 Å². The largest absolute Gasteiger partial charge is 0.399 e. The average Bonchev–Trinajstić information content (AvgIpc) is 3.25. The number of hydrogen-bond acceptors (Lipinski definition) is 5. The molecule has 1 amide bonds. The number of aromatic nitrogens is 4. The van der Waals surface area contributed by atoms with Crippen molar-refractivity contribution in [3.8, 4) is 0 Å². The van der Waals surface area contributed by atoms with Crippen LogP contribution in [-0.2, 0) is 17.8 Å². The molecule has 182 valence electrons. The van der Waals surface area contributed by atoms with Crippen molar-refractivity contribution in [3.05, 3.63) is 86.1 Å². The number of fused-ring (bicyclic) bond motifs is 1. The van der Waals surface area contributed by atoms with E-state index in [9.17, 15) is 18.8 Å². The van der Waals surface area contributed by atoms with E-state index in [1.165, 1.54) is 23.6 Å². The molecule has 0 aliphatic heterocycles. The molecule has 0 bridgehead atoms. The third kappa shape index (κ3) is 5.16. The number of amides is 1. The molecule has 0 spiro atoms. The normalized spacial score (nSPS) is 12.1. The highest BCUT2D eigenvalue weighted by atomic mass is 19.1.